The Morgan fingerprint density at radius 1 is 1.11 bits per heavy atom. The van der Waals surface area contributed by atoms with Gasteiger partial charge in [0, 0.05) is 6.04 Å². The van der Waals surface area contributed by atoms with Gasteiger partial charge in [-0.1, -0.05) is 25.5 Å². The Kier molecular flexibility index (Phi) is 3.62. The van der Waals surface area contributed by atoms with Crippen LogP contribution in [0.25, 0.3) is 11.0 Å². The minimum absolute atomic E-state index is 0.568. The SMILES string of the molecule is CCC1CCC(Nc2cnc3ccccc3n2)CC1. The van der Waals surface area contributed by atoms with Crippen LogP contribution in [0.5, 0.6) is 0 Å². The zero-order valence-electron chi connectivity index (χ0n) is 11.5. The van der Waals surface area contributed by atoms with Gasteiger partial charge in [-0.3, -0.25) is 4.98 Å². The molecule has 2 aromatic rings. The minimum atomic E-state index is 0.568. The second-order valence-electron chi connectivity index (χ2n) is 5.51. The lowest BCUT2D eigenvalue weighted by Crippen LogP contribution is -2.26. The first-order valence-corrected chi connectivity index (χ1v) is 7.33. The van der Waals surface area contributed by atoms with E-state index in [1.54, 1.807) is 0 Å². The van der Waals surface area contributed by atoms with E-state index in [1.807, 2.05) is 30.5 Å². The quantitative estimate of drug-likeness (QED) is 0.900. The van der Waals surface area contributed by atoms with Gasteiger partial charge < -0.3 is 5.32 Å². The van der Waals surface area contributed by atoms with Crippen molar-refractivity contribution in [2.24, 2.45) is 5.92 Å². The van der Waals surface area contributed by atoms with Crippen molar-refractivity contribution in [2.75, 3.05) is 5.32 Å². The maximum Gasteiger partial charge on any atom is 0.145 e. The number of aromatic nitrogens is 2. The number of anilines is 1. The molecular formula is C16H21N3. The molecule has 0 aliphatic heterocycles. The van der Waals surface area contributed by atoms with Crippen LogP contribution in [0, 0.1) is 5.92 Å². The Labute approximate surface area is 114 Å². The second-order valence-corrected chi connectivity index (χ2v) is 5.51. The van der Waals surface area contributed by atoms with Gasteiger partial charge in [0.1, 0.15) is 5.82 Å². The van der Waals surface area contributed by atoms with Crippen molar-refractivity contribution in [1.29, 1.82) is 0 Å². The minimum Gasteiger partial charge on any atom is -0.366 e. The number of benzene rings is 1. The summed E-state index contributed by atoms with van der Waals surface area (Å²) in [6, 6.07) is 8.59. The number of nitrogens with zero attached hydrogens (tertiary/aromatic N) is 2. The summed E-state index contributed by atoms with van der Waals surface area (Å²) < 4.78 is 0. The van der Waals surface area contributed by atoms with Crippen LogP contribution in [-0.4, -0.2) is 16.0 Å². The Morgan fingerprint density at radius 3 is 2.58 bits per heavy atom. The molecule has 1 saturated carbocycles. The van der Waals surface area contributed by atoms with E-state index in [2.05, 4.69) is 22.2 Å². The van der Waals surface area contributed by atoms with Gasteiger partial charge >= 0.3 is 0 Å². The van der Waals surface area contributed by atoms with Crippen molar-refractivity contribution in [3.8, 4) is 0 Å². The predicted octanol–water partition coefficient (Wildman–Crippen LogP) is 4.01. The fourth-order valence-corrected chi connectivity index (χ4v) is 2.95. The largest absolute Gasteiger partial charge is 0.366 e. The zero-order chi connectivity index (χ0) is 13.1. The van der Waals surface area contributed by atoms with Crippen molar-refractivity contribution < 1.29 is 0 Å². The monoisotopic (exact) mass is 255 g/mol. The molecule has 100 valence electrons. The summed E-state index contributed by atoms with van der Waals surface area (Å²) in [6.45, 7) is 2.30. The molecule has 1 aromatic carbocycles. The second kappa shape index (κ2) is 5.55. The molecule has 1 aromatic heterocycles. The van der Waals surface area contributed by atoms with E-state index in [9.17, 15) is 0 Å². The molecule has 0 amide bonds. The van der Waals surface area contributed by atoms with Crippen LogP contribution in [0.2, 0.25) is 0 Å². The highest BCUT2D eigenvalue weighted by Gasteiger charge is 2.20. The van der Waals surface area contributed by atoms with Crippen LogP contribution >= 0.6 is 0 Å². The Bertz CT molecular complexity index is 544. The molecule has 19 heavy (non-hydrogen) atoms. The molecular weight excluding hydrogens is 234 g/mol. The van der Waals surface area contributed by atoms with E-state index in [0.717, 1.165) is 22.8 Å². The molecule has 0 atom stereocenters. The number of rotatable bonds is 3. The smallest absolute Gasteiger partial charge is 0.145 e. The van der Waals surface area contributed by atoms with Gasteiger partial charge in [-0.25, -0.2) is 4.98 Å². The fraction of sp³-hybridized carbons (Fsp3) is 0.500. The lowest BCUT2D eigenvalue weighted by Gasteiger charge is -2.28. The van der Waals surface area contributed by atoms with E-state index in [4.69, 9.17) is 0 Å². The molecule has 3 nitrogen and oxygen atoms in total. The highest BCUT2D eigenvalue weighted by atomic mass is 15.0. The molecule has 0 unspecified atom stereocenters. The van der Waals surface area contributed by atoms with Gasteiger partial charge in [0.05, 0.1) is 17.2 Å². The first kappa shape index (κ1) is 12.4. The number of hydrogen-bond donors (Lipinski definition) is 1. The van der Waals surface area contributed by atoms with Crippen molar-refractivity contribution in [3.05, 3.63) is 30.5 Å². The maximum absolute atomic E-state index is 4.63. The first-order valence-electron chi connectivity index (χ1n) is 7.33. The van der Waals surface area contributed by atoms with Crippen molar-refractivity contribution in [2.45, 2.75) is 45.1 Å². The topological polar surface area (TPSA) is 37.8 Å². The molecule has 1 aliphatic carbocycles. The van der Waals surface area contributed by atoms with Crippen LogP contribution in [0.3, 0.4) is 0 Å². The van der Waals surface area contributed by atoms with E-state index >= 15 is 0 Å². The number of fused-ring (bicyclic) bond motifs is 1. The zero-order valence-corrected chi connectivity index (χ0v) is 11.5. The molecule has 0 saturated heterocycles. The molecule has 3 rings (SSSR count). The molecule has 0 radical (unpaired) electrons. The van der Waals surface area contributed by atoms with E-state index in [-0.39, 0.29) is 0 Å². The van der Waals surface area contributed by atoms with E-state index < -0.39 is 0 Å². The number of nitrogens with one attached hydrogen (secondary N) is 1. The van der Waals surface area contributed by atoms with Crippen LogP contribution < -0.4 is 5.32 Å². The third-order valence-corrected chi connectivity index (χ3v) is 4.22. The molecule has 1 aliphatic rings. The summed E-state index contributed by atoms with van der Waals surface area (Å²) in [5, 5.41) is 3.54. The summed E-state index contributed by atoms with van der Waals surface area (Å²) in [6.07, 6.45) is 8.38. The summed E-state index contributed by atoms with van der Waals surface area (Å²) >= 11 is 0. The van der Waals surface area contributed by atoms with Gasteiger partial charge in [-0.15, -0.1) is 0 Å². The molecule has 3 heteroatoms. The van der Waals surface area contributed by atoms with Gasteiger partial charge in [-0.05, 0) is 43.7 Å². The highest BCUT2D eigenvalue weighted by molar-refractivity contribution is 5.75. The summed E-state index contributed by atoms with van der Waals surface area (Å²) in [4.78, 5) is 9.09. The highest BCUT2D eigenvalue weighted by Crippen LogP contribution is 2.28. The average Bonchev–Trinajstić information content (AvgIpc) is 2.48. The Balaban J connectivity index is 1.68. The molecule has 1 heterocycles. The average molecular weight is 255 g/mol. The summed E-state index contributed by atoms with van der Waals surface area (Å²) in [5.74, 6) is 1.85. The van der Waals surface area contributed by atoms with Crippen molar-refractivity contribution in [3.63, 3.8) is 0 Å². The van der Waals surface area contributed by atoms with Gasteiger partial charge in [0.25, 0.3) is 0 Å². The van der Waals surface area contributed by atoms with Crippen molar-refractivity contribution in [1.82, 2.24) is 9.97 Å². The maximum atomic E-state index is 4.63. The molecule has 0 spiro atoms. The predicted molar refractivity (Wildman–Crippen MR) is 79.2 cm³/mol. The van der Waals surface area contributed by atoms with Gasteiger partial charge in [0.2, 0.25) is 0 Å². The van der Waals surface area contributed by atoms with Crippen LogP contribution in [-0.2, 0) is 0 Å². The first-order chi connectivity index (χ1) is 9.35. The third-order valence-electron chi connectivity index (χ3n) is 4.22. The summed E-state index contributed by atoms with van der Waals surface area (Å²) in [5.41, 5.74) is 1.93. The lowest BCUT2D eigenvalue weighted by atomic mass is 9.84. The van der Waals surface area contributed by atoms with Crippen LogP contribution in [0.15, 0.2) is 30.5 Å². The fourth-order valence-electron chi connectivity index (χ4n) is 2.95. The Hall–Kier alpha value is -1.64. The van der Waals surface area contributed by atoms with Gasteiger partial charge in [-0.2, -0.15) is 0 Å². The normalized spacial score (nSPS) is 23.4. The lowest BCUT2D eigenvalue weighted by molar-refractivity contribution is 0.330. The molecule has 1 fully saturated rings. The van der Waals surface area contributed by atoms with Crippen LogP contribution in [0.1, 0.15) is 39.0 Å². The molecule has 0 bridgehead atoms. The standard InChI is InChI=1S/C16H21N3/c1-2-12-7-9-13(10-8-12)18-16-11-17-14-5-3-4-6-15(14)19-16/h3-6,11-13H,2,7-10H2,1H3,(H,18,19). The Morgan fingerprint density at radius 2 is 1.84 bits per heavy atom. The van der Waals surface area contributed by atoms with E-state index in [1.165, 1.54) is 32.1 Å². The van der Waals surface area contributed by atoms with Crippen molar-refractivity contribution >= 4 is 16.9 Å². The molecule has 1 N–H and O–H groups in total. The van der Waals surface area contributed by atoms with Gasteiger partial charge in [0.15, 0.2) is 0 Å². The third kappa shape index (κ3) is 2.86. The number of hydrogen-bond acceptors (Lipinski definition) is 3. The van der Waals surface area contributed by atoms with E-state index in [0.29, 0.717) is 6.04 Å². The summed E-state index contributed by atoms with van der Waals surface area (Å²) in [7, 11) is 0. The van der Waals surface area contributed by atoms with Crippen LogP contribution in [0.4, 0.5) is 5.82 Å². The number of para-hydroxylation sites is 2.